The van der Waals surface area contributed by atoms with E-state index < -0.39 is 0 Å². The molecule has 0 radical (unpaired) electrons. The van der Waals surface area contributed by atoms with Gasteiger partial charge >= 0.3 is 5.97 Å². The summed E-state index contributed by atoms with van der Waals surface area (Å²) in [6.45, 7) is 9.19. The number of hydrogen-bond acceptors (Lipinski definition) is 7. The van der Waals surface area contributed by atoms with Gasteiger partial charge in [-0.15, -0.1) is 11.3 Å². The highest BCUT2D eigenvalue weighted by molar-refractivity contribution is 7.13. The maximum Gasteiger partial charge on any atom is 0.350 e. The topological polar surface area (TPSA) is 94.1 Å². The molecule has 0 aliphatic heterocycles. The molecule has 0 saturated heterocycles. The molecule has 31 heavy (non-hydrogen) atoms. The monoisotopic (exact) mass is 448 g/mol. The number of benzene rings is 1. The Balaban J connectivity index is 2.00. The smallest absolute Gasteiger partial charge is 0.350 e. The fourth-order valence-corrected chi connectivity index (χ4v) is 3.75. The normalized spacial score (nSPS) is 12.3. The molecule has 0 spiro atoms. The van der Waals surface area contributed by atoms with Crippen LogP contribution in [-0.4, -0.2) is 44.3 Å². The van der Waals surface area contributed by atoms with Gasteiger partial charge in [-0.1, -0.05) is 13.0 Å². The number of thiazole rings is 1. The standard InChI is InChI=1S/C22H32N4O4S/c1-7-11-30-17-10-9-16(12-18(17)28-6)13-24-22(23-5)26-15(4)20-25-14(3)19(31-20)21(27)29-8-2/h9-10,12,15H,7-8,11,13H2,1-6H3,(H2,23,24,26). The Hall–Kier alpha value is -2.81. The number of aryl methyl sites for hydroxylation is 1. The van der Waals surface area contributed by atoms with Crippen molar-refractivity contribution in [2.24, 2.45) is 4.99 Å². The van der Waals surface area contributed by atoms with Crippen LogP contribution in [-0.2, 0) is 11.3 Å². The van der Waals surface area contributed by atoms with Crippen LogP contribution in [0.3, 0.4) is 0 Å². The number of methoxy groups -OCH3 is 1. The molecule has 2 aromatic rings. The van der Waals surface area contributed by atoms with Crippen molar-refractivity contribution in [2.45, 2.75) is 46.7 Å². The number of hydrogen-bond donors (Lipinski definition) is 2. The number of nitrogens with zero attached hydrogens (tertiary/aromatic N) is 2. The summed E-state index contributed by atoms with van der Waals surface area (Å²) < 4.78 is 16.2. The van der Waals surface area contributed by atoms with Gasteiger partial charge in [-0.05, 0) is 44.9 Å². The van der Waals surface area contributed by atoms with Crippen molar-refractivity contribution >= 4 is 23.3 Å². The fraction of sp³-hybridized carbons (Fsp3) is 0.500. The van der Waals surface area contributed by atoms with E-state index >= 15 is 0 Å². The number of nitrogens with one attached hydrogen (secondary N) is 2. The second kappa shape index (κ2) is 12.1. The zero-order valence-corrected chi connectivity index (χ0v) is 19.9. The molecule has 0 aliphatic carbocycles. The Bertz CT molecular complexity index is 898. The summed E-state index contributed by atoms with van der Waals surface area (Å²) in [5.41, 5.74) is 1.71. The third-order valence-corrected chi connectivity index (χ3v) is 5.69. The molecular weight excluding hydrogens is 416 g/mol. The summed E-state index contributed by atoms with van der Waals surface area (Å²) >= 11 is 1.33. The van der Waals surface area contributed by atoms with Crippen molar-refractivity contribution in [2.75, 3.05) is 27.4 Å². The van der Waals surface area contributed by atoms with Gasteiger partial charge in [0.2, 0.25) is 0 Å². The largest absolute Gasteiger partial charge is 0.493 e. The Morgan fingerprint density at radius 3 is 2.71 bits per heavy atom. The Morgan fingerprint density at radius 1 is 1.29 bits per heavy atom. The van der Waals surface area contributed by atoms with Crippen LogP contribution in [0, 0.1) is 6.92 Å². The second-order valence-electron chi connectivity index (χ2n) is 6.81. The van der Waals surface area contributed by atoms with Gasteiger partial charge in [0.05, 0.1) is 32.1 Å². The van der Waals surface area contributed by atoms with Crippen LogP contribution in [0.15, 0.2) is 23.2 Å². The van der Waals surface area contributed by atoms with Crippen LogP contribution in [0.5, 0.6) is 11.5 Å². The molecule has 2 N–H and O–H groups in total. The summed E-state index contributed by atoms with van der Waals surface area (Å²) in [4.78, 5) is 21.4. The quantitative estimate of drug-likeness (QED) is 0.324. The van der Waals surface area contributed by atoms with E-state index in [4.69, 9.17) is 14.2 Å². The van der Waals surface area contributed by atoms with Gasteiger partial charge in [-0.2, -0.15) is 0 Å². The lowest BCUT2D eigenvalue weighted by Crippen LogP contribution is -2.38. The first kappa shape index (κ1) is 24.5. The fourth-order valence-electron chi connectivity index (χ4n) is 2.79. The molecule has 0 aliphatic rings. The lowest BCUT2D eigenvalue weighted by atomic mass is 10.2. The maximum absolute atomic E-state index is 12.0. The molecular formula is C22H32N4O4S. The number of aliphatic imine (C=N–C) groups is 1. The minimum Gasteiger partial charge on any atom is -0.493 e. The van der Waals surface area contributed by atoms with Crippen molar-refractivity contribution in [3.63, 3.8) is 0 Å². The summed E-state index contributed by atoms with van der Waals surface area (Å²) in [5.74, 6) is 1.73. The van der Waals surface area contributed by atoms with Crippen molar-refractivity contribution in [1.29, 1.82) is 0 Å². The molecule has 0 fully saturated rings. The SMILES string of the molecule is CCCOc1ccc(CNC(=NC)NC(C)c2nc(C)c(C(=O)OCC)s2)cc1OC. The number of carbonyl (C=O) groups is 1. The lowest BCUT2D eigenvalue weighted by molar-refractivity contribution is 0.0531. The van der Waals surface area contributed by atoms with Crippen LogP contribution in [0.4, 0.5) is 0 Å². The van der Waals surface area contributed by atoms with Gasteiger partial charge in [0, 0.05) is 13.6 Å². The van der Waals surface area contributed by atoms with E-state index in [1.165, 1.54) is 11.3 Å². The minimum absolute atomic E-state index is 0.127. The number of ether oxygens (including phenoxy) is 3. The number of aromatic nitrogens is 1. The van der Waals surface area contributed by atoms with Crippen molar-refractivity contribution in [1.82, 2.24) is 15.6 Å². The van der Waals surface area contributed by atoms with Gasteiger partial charge in [-0.3, -0.25) is 4.99 Å². The summed E-state index contributed by atoms with van der Waals surface area (Å²) in [5, 5.41) is 7.40. The predicted molar refractivity (Wildman–Crippen MR) is 123 cm³/mol. The van der Waals surface area contributed by atoms with Gasteiger partial charge < -0.3 is 24.8 Å². The van der Waals surface area contributed by atoms with Crippen molar-refractivity contribution < 1.29 is 19.0 Å². The summed E-state index contributed by atoms with van der Waals surface area (Å²) in [6, 6.07) is 5.73. The molecule has 8 nitrogen and oxygen atoms in total. The zero-order valence-electron chi connectivity index (χ0n) is 19.1. The molecule has 170 valence electrons. The van der Waals surface area contributed by atoms with Crippen molar-refractivity contribution in [3.05, 3.63) is 39.3 Å². The second-order valence-corrected chi connectivity index (χ2v) is 7.84. The molecule has 0 bridgehead atoms. The molecule has 1 aromatic carbocycles. The summed E-state index contributed by atoms with van der Waals surface area (Å²) in [6.07, 6.45) is 0.937. The van der Waals surface area contributed by atoms with Crippen LogP contribution in [0.1, 0.15) is 59.2 Å². The third-order valence-electron chi connectivity index (χ3n) is 4.37. The zero-order chi connectivity index (χ0) is 22.8. The first-order valence-corrected chi connectivity index (χ1v) is 11.2. The Kier molecular flexibility index (Phi) is 9.58. The molecule has 9 heteroatoms. The highest BCUT2D eigenvalue weighted by Crippen LogP contribution is 2.28. The molecule has 2 rings (SSSR count). The number of guanidine groups is 1. The lowest BCUT2D eigenvalue weighted by Gasteiger charge is -2.17. The van der Waals surface area contributed by atoms with E-state index in [9.17, 15) is 4.79 Å². The van der Waals surface area contributed by atoms with E-state index in [1.54, 1.807) is 21.1 Å². The van der Waals surface area contributed by atoms with Gasteiger partial charge in [0.25, 0.3) is 0 Å². The molecule has 0 saturated carbocycles. The molecule has 1 atom stereocenters. The molecule has 1 unspecified atom stereocenters. The number of carbonyl (C=O) groups excluding carboxylic acids is 1. The Labute approximate surface area is 188 Å². The predicted octanol–water partition coefficient (Wildman–Crippen LogP) is 3.85. The van der Waals surface area contributed by atoms with Gasteiger partial charge in [-0.25, -0.2) is 9.78 Å². The average molecular weight is 449 g/mol. The first-order valence-electron chi connectivity index (χ1n) is 10.3. The summed E-state index contributed by atoms with van der Waals surface area (Å²) in [7, 11) is 3.34. The van der Waals surface area contributed by atoms with Crippen LogP contribution in [0.2, 0.25) is 0 Å². The minimum atomic E-state index is -0.334. The maximum atomic E-state index is 12.0. The van der Waals surface area contributed by atoms with E-state index in [0.717, 1.165) is 22.7 Å². The van der Waals surface area contributed by atoms with E-state index in [1.807, 2.05) is 32.0 Å². The molecule has 0 amide bonds. The third kappa shape index (κ3) is 6.85. The molecule has 1 heterocycles. The van der Waals surface area contributed by atoms with E-state index in [0.29, 0.717) is 42.0 Å². The number of rotatable bonds is 10. The molecule has 1 aromatic heterocycles. The van der Waals surface area contributed by atoms with Crippen LogP contribution in [0.25, 0.3) is 0 Å². The first-order chi connectivity index (χ1) is 14.9. The highest BCUT2D eigenvalue weighted by atomic mass is 32.1. The van der Waals surface area contributed by atoms with Gasteiger partial charge in [0.1, 0.15) is 9.88 Å². The average Bonchev–Trinajstić information content (AvgIpc) is 3.17. The van der Waals surface area contributed by atoms with E-state index in [-0.39, 0.29) is 12.0 Å². The van der Waals surface area contributed by atoms with Crippen molar-refractivity contribution in [3.8, 4) is 11.5 Å². The van der Waals surface area contributed by atoms with Crippen LogP contribution >= 0.6 is 11.3 Å². The Morgan fingerprint density at radius 2 is 2.06 bits per heavy atom. The highest BCUT2D eigenvalue weighted by Gasteiger charge is 2.20. The number of esters is 1. The van der Waals surface area contributed by atoms with E-state index in [2.05, 4.69) is 27.5 Å². The van der Waals surface area contributed by atoms with Gasteiger partial charge in [0.15, 0.2) is 17.5 Å². The van der Waals surface area contributed by atoms with Crippen LogP contribution < -0.4 is 20.1 Å².